The molecular weight excluding hydrogens is 222 g/mol. The summed E-state index contributed by atoms with van der Waals surface area (Å²) >= 11 is 0. The average Bonchev–Trinajstić information content (AvgIpc) is 2.77. The van der Waals surface area contributed by atoms with Gasteiger partial charge in [-0.2, -0.15) is 5.10 Å². The van der Waals surface area contributed by atoms with Gasteiger partial charge in [-0.25, -0.2) is 0 Å². The van der Waals surface area contributed by atoms with Gasteiger partial charge in [-0.1, -0.05) is 33.1 Å². The number of rotatable bonds is 5. The number of aryl methyl sites for hydroxylation is 1. The molecule has 0 aliphatic heterocycles. The minimum absolute atomic E-state index is 0.399. The monoisotopic (exact) mass is 249 g/mol. The van der Waals surface area contributed by atoms with Crippen molar-refractivity contribution in [1.29, 1.82) is 0 Å². The Kier molecular flexibility index (Phi) is 4.44. The fourth-order valence-corrected chi connectivity index (χ4v) is 3.29. The molecule has 1 N–H and O–H groups in total. The summed E-state index contributed by atoms with van der Waals surface area (Å²) < 4.78 is 1.92. The molecule has 0 saturated heterocycles. The van der Waals surface area contributed by atoms with Crippen molar-refractivity contribution in [3.8, 4) is 0 Å². The predicted molar refractivity (Wildman–Crippen MR) is 75.4 cm³/mol. The van der Waals surface area contributed by atoms with Gasteiger partial charge in [0, 0.05) is 24.8 Å². The van der Waals surface area contributed by atoms with Gasteiger partial charge in [-0.3, -0.25) is 4.68 Å². The van der Waals surface area contributed by atoms with Gasteiger partial charge in [-0.15, -0.1) is 0 Å². The van der Waals surface area contributed by atoms with E-state index in [1.54, 1.807) is 0 Å². The van der Waals surface area contributed by atoms with E-state index in [-0.39, 0.29) is 0 Å². The van der Waals surface area contributed by atoms with E-state index in [9.17, 15) is 0 Å². The van der Waals surface area contributed by atoms with Gasteiger partial charge in [0.05, 0.1) is 6.20 Å². The van der Waals surface area contributed by atoms with Crippen LogP contribution in [0.3, 0.4) is 0 Å². The van der Waals surface area contributed by atoms with Gasteiger partial charge in [0.2, 0.25) is 0 Å². The third-order valence-corrected chi connectivity index (χ3v) is 4.35. The molecule has 0 radical (unpaired) electrons. The molecule has 3 nitrogen and oxygen atoms in total. The van der Waals surface area contributed by atoms with Gasteiger partial charge < -0.3 is 5.32 Å². The van der Waals surface area contributed by atoms with Crippen LogP contribution in [0.25, 0.3) is 0 Å². The van der Waals surface area contributed by atoms with Crippen LogP contribution in [0.4, 0.5) is 0 Å². The second kappa shape index (κ2) is 5.87. The molecule has 1 atom stereocenters. The summed E-state index contributed by atoms with van der Waals surface area (Å²) in [4.78, 5) is 0. The highest BCUT2D eigenvalue weighted by atomic mass is 15.2. The molecule has 1 fully saturated rings. The molecule has 1 unspecified atom stereocenters. The molecule has 0 amide bonds. The van der Waals surface area contributed by atoms with Crippen LogP contribution in [0.2, 0.25) is 0 Å². The first-order valence-corrected chi connectivity index (χ1v) is 7.37. The van der Waals surface area contributed by atoms with E-state index in [1.807, 2.05) is 17.9 Å². The molecule has 102 valence electrons. The maximum atomic E-state index is 4.35. The highest BCUT2D eigenvalue weighted by Gasteiger charge is 2.36. The fourth-order valence-electron chi connectivity index (χ4n) is 3.29. The van der Waals surface area contributed by atoms with Gasteiger partial charge >= 0.3 is 0 Å². The Morgan fingerprint density at radius 2 is 2.11 bits per heavy atom. The van der Waals surface area contributed by atoms with Crippen LogP contribution >= 0.6 is 0 Å². The third-order valence-electron chi connectivity index (χ3n) is 4.35. The summed E-state index contributed by atoms with van der Waals surface area (Å²) in [6, 6.07) is 0.464. The number of hydrogen-bond acceptors (Lipinski definition) is 2. The lowest BCUT2D eigenvalue weighted by Crippen LogP contribution is -2.38. The lowest BCUT2D eigenvalue weighted by Gasteiger charge is -2.41. The van der Waals surface area contributed by atoms with Crippen LogP contribution in [0.1, 0.15) is 64.0 Å². The SMILES string of the molecule is CCCNC(c1cnn(C)c1)C1(C)CCCCC1. The average molecular weight is 249 g/mol. The molecule has 1 saturated carbocycles. The molecule has 18 heavy (non-hydrogen) atoms. The molecule has 1 aliphatic rings. The van der Waals surface area contributed by atoms with Crippen LogP contribution in [0.5, 0.6) is 0 Å². The summed E-state index contributed by atoms with van der Waals surface area (Å²) in [6.07, 6.45) is 12.2. The molecule has 0 bridgehead atoms. The highest BCUT2D eigenvalue weighted by Crippen LogP contribution is 2.45. The topological polar surface area (TPSA) is 29.9 Å². The highest BCUT2D eigenvalue weighted by molar-refractivity contribution is 5.15. The summed E-state index contributed by atoms with van der Waals surface area (Å²) in [5.41, 5.74) is 1.76. The molecular formula is C15H27N3. The van der Waals surface area contributed by atoms with Crippen molar-refractivity contribution in [2.75, 3.05) is 6.54 Å². The van der Waals surface area contributed by atoms with E-state index in [2.05, 4.69) is 30.5 Å². The van der Waals surface area contributed by atoms with E-state index in [4.69, 9.17) is 0 Å². The first-order chi connectivity index (χ1) is 8.65. The van der Waals surface area contributed by atoms with Crippen molar-refractivity contribution in [3.05, 3.63) is 18.0 Å². The molecule has 1 aromatic heterocycles. The first kappa shape index (κ1) is 13.6. The normalized spacial score (nSPS) is 20.8. The zero-order chi connectivity index (χ0) is 13.0. The third kappa shape index (κ3) is 2.94. The smallest absolute Gasteiger partial charge is 0.0537 e. The maximum absolute atomic E-state index is 4.35. The Bertz CT molecular complexity index is 364. The summed E-state index contributed by atoms with van der Waals surface area (Å²) in [5, 5.41) is 8.10. The van der Waals surface area contributed by atoms with Crippen molar-refractivity contribution < 1.29 is 0 Å². The number of aromatic nitrogens is 2. The second-order valence-corrected chi connectivity index (χ2v) is 6.05. The summed E-state index contributed by atoms with van der Waals surface area (Å²) in [7, 11) is 2.00. The molecule has 1 aromatic rings. The lowest BCUT2D eigenvalue weighted by atomic mass is 9.69. The first-order valence-electron chi connectivity index (χ1n) is 7.37. The van der Waals surface area contributed by atoms with Gasteiger partial charge in [0.1, 0.15) is 0 Å². The van der Waals surface area contributed by atoms with Crippen molar-refractivity contribution in [2.45, 2.75) is 58.4 Å². The number of nitrogens with zero attached hydrogens (tertiary/aromatic N) is 2. The van der Waals surface area contributed by atoms with Gasteiger partial charge in [0.25, 0.3) is 0 Å². The van der Waals surface area contributed by atoms with E-state index in [0.29, 0.717) is 11.5 Å². The number of hydrogen-bond donors (Lipinski definition) is 1. The van der Waals surface area contributed by atoms with Crippen LogP contribution in [-0.4, -0.2) is 16.3 Å². The molecule has 1 aliphatic carbocycles. The van der Waals surface area contributed by atoms with Crippen LogP contribution in [0.15, 0.2) is 12.4 Å². The van der Waals surface area contributed by atoms with Gasteiger partial charge in [0.15, 0.2) is 0 Å². The van der Waals surface area contributed by atoms with Gasteiger partial charge in [-0.05, 0) is 31.2 Å². The minimum Gasteiger partial charge on any atom is -0.309 e. The zero-order valence-corrected chi connectivity index (χ0v) is 12.1. The summed E-state index contributed by atoms with van der Waals surface area (Å²) in [6.45, 7) is 5.78. The molecule has 2 rings (SSSR count). The van der Waals surface area contributed by atoms with Crippen LogP contribution in [0, 0.1) is 5.41 Å². The number of nitrogens with one attached hydrogen (secondary N) is 1. The second-order valence-electron chi connectivity index (χ2n) is 6.05. The summed E-state index contributed by atoms with van der Waals surface area (Å²) in [5.74, 6) is 0. The van der Waals surface area contributed by atoms with Crippen molar-refractivity contribution in [2.24, 2.45) is 12.5 Å². The van der Waals surface area contributed by atoms with Crippen molar-refractivity contribution >= 4 is 0 Å². The molecule has 3 heteroatoms. The lowest BCUT2D eigenvalue weighted by molar-refractivity contribution is 0.144. The van der Waals surface area contributed by atoms with Crippen molar-refractivity contribution in [1.82, 2.24) is 15.1 Å². The standard InChI is InChI=1S/C15H27N3/c1-4-10-16-14(13-11-17-18(3)12-13)15(2)8-6-5-7-9-15/h11-12,14,16H,4-10H2,1-3H3. The molecule has 0 spiro atoms. The Balaban J connectivity index is 2.18. The van der Waals surface area contributed by atoms with Crippen molar-refractivity contribution in [3.63, 3.8) is 0 Å². The van der Waals surface area contributed by atoms with E-state index < -0.39 is 0 Å². The van der Waals surface area contributed by atoms with Crippen LogP contribution < -0.4 is 5.32 Å². The van der Waals surface area contributed by atoms with E-state index in [1.165, 1.54) is 44.1 Å². The Labute approximate surface area is 111 Å². The zero-order valence-electron chi connectivity index (χ0n) is 12.1. The van der Waals surface area contributed by atoms with E-state index >= 15 is 0 Å². The predicted octanol–water partition coefficient (Wildman–Crippen LogP) is 3.43. The Morgan fingerprint density at radius 1 is 1.39 bits per heavy atom. The van der Waals surface area contributed by atoms with Crippen LogP contribution in [-0.2, 0) is 7.05 Å². The molecule has 1 heterocycles. The van der Waals surface area contributed by atoms with E-state index in [0.717, 1.165) is 6.54 Å². The largest absolute Gasteiger partial charge is 0.309 e. The maximum Gasteiger partial charge on any atom is 0.0537 e. The molecule has 0 aromatic carbocycles. The Hall–Kier alpha value is -0.830. The Morgan fingerprint density at radius 3 is 2.67 bits per heavy atom. The minimum atomic E-state index is 0.399. The quantitative estimate of drug-likeness (QED) is 0.866. The fraction of sp³-hybridized carbons (Fsp3) is 0.800.